The maximum Gasteiger partial charge on any atom is 0.267 e. The fourth-order valence-electron chi connectivity index (χ4n) is 4.23. The number of nitriles is 1. The number of hydrogen-bond donors (Lipinski definition) is 0. The molecular weight excluding hydrogens is 416 g/mol. The molecule has 2 unspecified atom stereocenters. The van der Waals surface area contributed by atoms with Crippen molar-refractivity contribution < 1.29 is 23.1 Å². The van der Waals surface area contributed by atoms with Gasteiger partial charge in [-0.1, -0.05) is 36.4 Å². The fourth-order valence-corrected chi connectivity index (χ4v) is 4.23. The molecule has 0 radical (unpaired) electrons. The molecular formula is C24H23F2N3O3. The van der Waals surface area contributed by atoms with Crippen LogP contribution < -0.4 is 4.74 Å². The monoisotopic (exact) mass is 439 g/mol. The standard InChI is InChI=1S/C24H23F2N3O3/c25-24(26)13-21(23(31)28-11-5-9-19(28)14-27)29(16-24)22(30)18-8-4-10-20(12-18)32-15-17-6-2-1-3-7-17/h1-4,6-8,10,12,19,21H,5,9,11,13,15-16H2. The predicted octanol–water partition coefficient (Wildman–Crippen LogP) is 3.63. The van der Waals surface area contributed by atoms with Gasteiger partial charge < -0.3 is 14.5 Å². The van der Waals surface area contributed by atoms with Crippen LogP contribution in [0.15, 0.2) is 54.6 Å². The summed E-state index contributed by atoms with van der Waals surface area (Å²) < 4.78 is 34.3. The lowest BCUT2D eigenvalue weighted by Gasteiger charge is -2.28. The molecule has 0 saturated carbocycles. The largest absolute Gasteiger partial charge is 0.489 e. The number of carbonyl (C=O) groups excluding carboxylic acids is 2. The van der Waals surface area contributed by atoms with Gasteiger partial charge in [0.25, 0.3) is 11.8 Å². The Hall–Kier alpha value is -3.47. The molecule has 4 rings (SSSR count). The Morgan fingerprint density at radius 2 is 1.91 bits per heavy atom. The highest BCUT2D eigenvalue weighted by Crippen LogP contribution is 2.35. The van der Waals surface area contributed by atoms with Crippen LogP contribution in [-0.2, 0) is 11.4 Å². The summed E-state index contributed by atoms with van der Waals surface area (Å²) in [6, 6.07) is 15.9. The first-order valence-corrected chi connectivity index (χ1v) is 10.5. The van der Waals surface area contributed by atoms with Gasteiger partial charge >= 0.3 is 0 Å². The van der Waals surface area contributed by atoms with Gasteiger partial charge in [0.1, 0.15) is 24.4 Å². The quantitative estimate of drug-likeness (QED) is 0.713. The van der Waals surface area contributed by atoms with Gasteiger partial charge in [-0.15, -0.1) is 0 Å². The minimum atomic E-state index is -3.17. The van der Waals surface area contributed by atoms with Gasteiger partial charge in [0.2, 0.25) is 5.91 Å². The number of halogens is 2. The first-order chi connectivity index (χ1) is 15.4. The van der Waals surface area contributed by atoms with Crippen LogP contribution in [0.1, 0.15) is 35.2 Å². The second-order valence-electron chi connectivity index (χ2n) is 8.13. The van der Waals surface area contributed by atoms with E-state index in [0.717, 1.165) is 10.5 Å². The Morgan fingerprint density at radius 1 is 1.12 bits per heavy atom. The van der Waals surface area contributed by atoms with Crippen molar-refractivity contribution in [1.29, 1.82) is 5.26 Å². The van der Waals surface area contributed by atoms with E-state index in [0.29, 0.717) is 31.7 Å². The van der Waals surface area contributed by atoms with E-state index in [2.05, 4.69) is 0 Å². The molecule has 2 amide bonds. The van der Waals surface area contributed by atoms with Gasteiger partial charge in [-0.2, -0.15) is 5.26 Å². The minimum absolute atomic E-state index is 0.171. The zero-order valence-corrected chi connectivity index (χ0v) is 17.4. The van der Waals surface area contributed by atoms with Gasteiger partial charge in [0.05, 0.1) is 12.6 Å². The Balaban J connectivity index is 1.51. The number of benzene rings is 2. The summed E-state index contributed by atoms with van der Waals surface area (Å²) in [6.07, 6.45) is 0.415. The number of hydrogen-bond acceptors (Lipinski definition) is 4. The fraction of sp³-hybridized carbons (Fsp3) is 0.375. The maximum atomic E-state index is 14.3. The molecule has 2 aliphatic rings. The topological polar surface area (TPSA) is 73.6 Å². The van der Waals surface area contributed by atoms with Crippen molar-refractivity contribution in [3.05, 3.63) is 65.7 Å². The zero-order chi connectivity index (χ0) is 22.7. The number of amides is 2. The molecule has 0 spiro atoms. The van der Waals surface area contributed by atoms with Gasteiger partial charge in [0.15, 0.2) is 0 Å². The molecule has 8 heteroatoms. The van der Waals surface area contributed by atoms with Crippen LogP contribution in [0.2, 0.25) is 0 Å². The average Bonchev–Trinajstić information content (AvgIpc) is 3.41. The lowest BCUT2D eigenvalue weighted by atomic mass is 10.1. The third-order valence-electron chi connectivity index (χ3n) is 5.83. The van der Waals surface area contributed by atoms with Crippen molar-refractivity contribution >= 4 is 11.8 Å². The summed E-state index contributed by atoms with van der Waals surface area (Å²) in [5.74, 6) is -3.98. The number of rotatable bonds is 5. The maximum absolute atomic E-state index is 14.3. The number of nitrogens with zero attached hydrogens (tertiary/aromatic N) is 3. The van der Waals surface area contributed by atoms with E-state index in [1.165, 1.54) is 17.0 Å². The number of ether oxygens (including phenoxy) is 1. The molecule has 32 heavy (non-hydrogen) atoms. The van der Waals surface area contributed by atoms with E-state index in [-0.39, 0.29) is 5.56 Å². The number of alkyl halides is 2. The third-order valence-corrected chi connectivity index (χ3v) is 5.83. The first kappa shape index (κ1) is 21.8. The lowest BCUT2D eigenvalue weighted by molar-refractivity contribution is -0.135. The Labute approximate surface area is 185 Å². The number of likely N-dealkylation sites (tertiary alicyclic amines) is 2. The summed E-state index contributed by atoms with van der Waals surface area (Å²) in [4.78, 5) is 28.4. The van der Waals surface area contributed by atoms with E-state index < -0.39 is 42.8 Å². The highest BCUT2D eigenvalue weighted by Gasteiger charge is 2.52. The van der Waals surface area contributed by atoms with Crippen LogP contribution in [0.5, 0.6) is 5.75 Å². The van der Waals surface area contributed by atoms with Crippen molar-refractivity contribution in [2.24, 2.45) is 0 Å². The van der Waals surface area contributed by atoms with Crippen LogP contribution in [0.4, 0.5) is 8.78 Å². The smallest absolute Gasteiger partial charge is 0.267 e. The van der Waals surface area contributed by atoms with Gasteiger partial charge in [-0.3, -0.25) is 9.59 Å². The zero-order valence-electron chi connectivity index (χ0n) is 17.4. The second kappa shape index (κ2) is 8.95. The molecule has 2 heterocycles. The molecule has 0 bridgehead atoms. The van der Waals surface area contributed by atoms with Crippen LogP contribution in [0.25, 0.3) is 0 Å². The molecule has 0 aliphatic carbocycles. The molecule has 2 aliphatic heterocycles. The normalized spacial score (nSPS) is 21.9. The van der Waals surface area contributed by atoms with Gasteiger partial charge in [0, 0.05) is 18.5 Å². The molecule has 2 fully saturated rings. The summed E-state index contributed by atoms with van der Waals surface area (Å²) in [7, 11) is 0. The molecule has 0 aromatic heterocycles. The van der Waals surface area contributed by atoms with Crippen molar-refractivity contribution in [1.82, 2.24) is 9.80 Å². The lowest BCUT2D eigenvalue weighted by Crippen LogP contribution is -2.49. The van der Waals surface area contributed by atoms with Crippen LogP contribution in [-0.4, -0.2) is 52.7 Å². The summed E-state index contributed by atoms with van der Waals surface area (Å²) in [5.41, 5.74) is 1.12. The Bertz CT molecular complexity index is 1040. The molecule has 0 N–H and O–H groups in total. The third kappa shape index (κ3) is 4.57. The summed E-state index contributed by atoms with van der Waals surface area (Å²) in [6.45, 7) is -0.196. The van der Waals surface area contributed by atoms with E-state index in [1.54, 1.807) is 12.1 Å². The van der Waals surface area contributed by atoms with Crippen molar-refractivity contribution in [2.45, 2.75) is 43.9 Å². The van der Waals surface area contributed by atoms with Gasteiger partial charge in [-0.05, 0) is 36.6 Å². The molecule has 2 saturated heterocycles. The molecule has 2 atom stereocenters. The average molecular weight is 439 g/mol. The van der Waals surface area contributed by atoms with E-state index in [1.807, 2.05) is 36.4 Å². The summed E-state index contributed by atoms with van der Waals surface area (Å²) in [5, 5.41) is 9.26. The van der Waals surface area contributed by atoms with Crippen molar-refractivity contribution in [2.75, 3.05) is 13.1 Å². The molecule has 2 aromatic rings. The highest BCUT2D eigenvalue weighted by molar-refractivity contribution is 5.98. The minimum Gasteiger partial charge on any atom is -0.489 e. The van der Waals surface area contributed by atoms with E-state index in [4.69, 9.17) is 4.74 Å². The number of carbonyl (C=O) groups is 2. The predicted molar refractivity (Wildman–Crippen MR) is 112 cm³/mol. The van der Waals surface area contributed by atoms with E-state index >= 15 is 0 Å². The highest BCUT2D eigenvalue weighted by atomic mass is 19.3. The summed E-state index contributed by atoms with van der Waals surface area (Å²) >= 11 is 0. The van der Waals surface area contributed by atoms with Gasteiger partial charge in [-0.25, -0.2) is 8.78 Å². The SMILES string of the molecule is N#CC1CCCN1C(=O)C1CC(F)(F)CN1C(=O)c1cccc(OCc2ccccc2)c1. The van der Waals surface area contributed by atoms with E-state index in [9.17, 15) is 23.6 Å². The second-order valence-corrected chi connectivity index (χ2v) is 8.13. The molecule has 166 valence electrons. The van der Waals surface area contributed by atoms with Crippen molar-refractivity contribution in [3.8, 4) is 11.8 Å². The molecule has 2 aromatic carbocycles. The Kier molecular flexibility index (Phi) is 6.08. The van der Waals surface area contributed by atoms with Crippen LogP contribution in [0.3, 0.4) is 0 Å². The van der Waals surface area contributed by atoms with Crippen LogP contribution in [0, 0.1) is 11.3 Å². The van der Waals surface area contributed by atoms with Crippen LogP contribution >= 0.6 is 0 Å². The first-order valence-electron chi connectivity index (χ1n) is 10.5. The Morgan fingerprint density at radius 3 is 2.66 bits per heavy atom. The van der Waals surface area contributed by atoms with Crippen molar-refractivity contribution in [3.63, 3.8) is 0 Å². The molecule has 6 nitrogen and oxygen atoms in total.